The number of carbonyl (C=O) groups excluding carboxylic acids is 1. The number of ether oxygens (including phenoxy) is 14. The van der Waals surface area contributed by atoms with E-state index in [9.17, 15) is 4.79 Å². The lowest BCUT2D eigenvalue weighted by Gasteiger charge is -2.24. The molecule has 0 aromatic heterocycles. The lowest BCUT2D eigenvalue weighted by Crippen LogP contribution is -2.36. The van der Waals surface area contributed by atoms with Gasteiger partial charge in [-0.1, -0.05) is 12.8 Å². The summed E-state index contributed by atoms with van der Waals surface area (Å²) in [5, 5.41) is 0. The van der Waals surface area contributed by atoms with Crippen LogP contribution < -0.4 is 0 Å². The number of unbranched alkanes of at least 4 members (excludes halogenated alkanes) is 3. The summed E-state index contributed by atoms with van der Waals surface area (Å²) in [5.74, 6) is 0.739. The fourth-order valence-electron chi connectivity index (χ4n) is 4.03. The zero-order valence-corrected chi connectivity index (χ0v) is 35.3. The smallest absolute Gasteiger partial charge is 0.410 e. The van der Waals surface area contributed by atoms with Crippen LogP contribution in [0.2, 0.25) is 0 Å². The number of nitrogens with zero attached hydrogens (tertiary/aromatic N) is 1. The number of halogens is 1. The van der Waals surface area contributed by atoms with Crippen molar-refractivity contribution in [2.24, 2.45) is 0 Å². The number of carbonyl (C=O) groups is 1. The van der Waals surface area contributed by atoms with E-state index in [-0.39, 0.29) is 6.09 Å². The maximum atomic E-state index is 11.9. The number of hydrogen-bond acceptors (Lipinski definition) is 15. The topological polar surface area (TPSA) is 150 Å². The molecule has 1 amide bonds. The minimum Gasteiger partial charge on any atom is -0.444 e. The molecule has 330 valence electrons. The number of hydrogen-bond donors (Lipinski definition) is 0. The summed E-state index contributed by atoms with van der Waals surface area (Å²) < 4.78 is 76.7. The molecule has 0 aromatic rings. The molecule has 0 aliphatic heterocycles. The van der Waals surface area contributed by atoms with E-state index in [1.165, 1.54) is 11.3 Å². The maximum absolute atomic E-state index is 11.9. The fourth-order valence-corrected chi connectivity index (χ4v) is 4.21. The van der Waals surface area contributed by atoms with Crippen LogP contribution in [-0.4, -0.2) is 208 Å². The predicted molar refractivity (Wildman–Crippen MR) is 209 cm³/mol. The van der Waals surface area contributed by atoms with Crippen molar-refractivity contribution in [3.8, 4) is 0 Å². The molecule has 0 aromatic carbocycles. The first-order valence-corrected chi connectivity index (χ1v) is 20.4. The van der Waals surface area contributed by atoms with Crippen molar-refractivity contribution in [3.05, 3.63) is 0 Å². The Bertz CT molecular complexity index is 770. The maximum Gasteiger partial charge on any atom is 0.410 e. The second-order valence-corrected chi connectivity index (χ2v) is 13.3. The third-order valence-electron chi connectivity index (χ3n) is 6.91. The van der Waals surface area contributed by atoms with Gasteiger partial charge < -0.3 is 71.2 Å². The quantitative estimate of drug-likeness (QED) is 0.0646. The molecule has 0 saturated heterocycles. The molecular formula is C38H76ClNO15. The van der Waals surface area contributed by atoms with Crippen molar-refractivity contribution in [3.63, 3.8) is 0 Å². The first-order valence-electron chi connectivity index (χ1n) is 19.9. The van der Waals surface area contributed by atoms with Crippen molar-refractivity contribution < 1.29 is 71.1 Å². The van der Waals surface area contributed by atoms with Gasteiger partial charge in [-0.25, -0.2) is 4.79 Å². The van der Waals surface area contributed by atoms with Gasteiger partial charge in [0.1, 0.15) is 5.60 Å². The average molecular weight is 822 g/mol. The minimum absolute atomic E-state index is 0.366. The number of alkyl halides is 1. The monoisotopic (exact) mass is 821 g/mol. The number of amides is 1. The van der Waals surface area contributed by atoms with Crippen molar-refractivity contribution in [1.82, 2.24) is 4.90 Å². The van der Waals surface area contributed by atoms with Crippen molar-refractivity contribution in [1.29, 1.82) is 0 Å². The molecule has 0 bridgehead atoms. The number of rotatable bonds is 45. The van der Waals surface area contributed by atoms with E-state index in [1.807, 2.05) is 20.8 Å². The van der Waals surface area contributed by atoms with Crippen LogP contribution in [0.3, 0.4) is 0 Å². The van der Waals surface area contributed by atoms with Crippen LogP contribution in [0.1, 0.15) is 46.5 Å². The molecule has 0 atom stereocenters. The van der Waals surface area contributed by atoms with Gasteiger partial charge in [0.05, 0.1) is 165 Å². The molecular weight excluding hydrogens is 746 g/mol. The van der Waals surface area contributed by atoms with Crippen LogP contribution >= 0.6 is 11.6 Å². The molecule has 0 aliphatic rings. The van der Waals surface area contributed by atoms with Crippen molar-refractivity contribution >= 4 is 17.7 Å². The molecule has 55 heavy (non-hydrogen) atoms. The van der Waals surface area contributed by atoms with E-state index >= 15 is 0 Å². The SMILES string of the molecule is CN(CCOCCOCCOCCOCCOCCOCCOCCOCCOCCOCCOCCOCCOCCCCCCCl)C(=O)OC(C)(C)C. The Morgan fingerprint density at radius 2 is 0.618 bits per heavy atom. The normalized spacial score (nSPS) is 11.8. The van der Waals surface area contributed by atoms with Crippen LogP contribution in [0.5, 0.6) is 0 Å². The van der Waals surface area contributed by atoms with Gasteiger partial charge in [-0.15, -0.1) is 11.6 Å². The lowest BCUT2D eigenvalue weighted by molar-refractivity contribution is -0.0291. The van der Waals surface area contributed by atoms with Gasteiger partial charge in [-0.05, 0) is 33.6 Å². The standard InChI is InChI=1S/C38H76ClNO15/c1-38(2,3)55-37(41)40(4)10-12-43-14-16-45-18-20-47-22-24-49-26-28-51-30-32-53-34-36-54-35-33-52-31-29-50-27-25-48-23-21-46-19-17-44-15-13-42-11-8-6-5-7-9-39/h5-36H2,1-4H3. The molecule has 0 saturated carbocycles. The highest BCUT2D eigenvalue weighted by Gasteiger charge is 2.19. The summed E-state index contributed by atoms with van der Waals surface area (Å²) in [6.07, 6.45) is 4.12. The molecule has 16 nitrogen and oxygen atoms in total. The zero-order valence-electron chi connectivity index (χ0n) is 34.6. The van der Waals surface area contributed by atoms with E-state index in [0.29, 0.717) is 172 Å². The molecule has 0 aliphatic carbocycles. The first kappa shape index (κ1) is 54.0. The van der Waals surface area contributed by atoms with Crippen LogP contribution in [0.4, 0.5) is 4.79 Å². The van der Waals surface area contributed by atoms with E-state index < -0.39 is 5.60 Å². The summed E-state index contributed by atoms with van der Waals surface area (Å²) in [4.78, 5) is 13.4. The Labute approximate surface area is 336 Å². The highest BCUT2D eigenvalue weighted by atomic mass is 35.5. The lowest BCUT2D eigenvalue weighted by atomic mass is 10.2. The summed E-state index contributed by atoms with van der Waals surface area (Å²) in [7, 11) is 1.68. The van der Waals surface area contributed by atoms with Crippen LogP contribution in [0.25, 0.3) is 0 Å². The molecule has 0 unspecified atom stereocenters. The highest BCUT2D eigenvalue weighted by molar-refractivity contribution is 6.17. The van der Waals surface area contributed by atoms with Gasteiger partial charge in [-0.2, -0.15) is 0 Å². The minimum atomic E-state index is -0.512. The molecule has 17 heteroatoms. The van der Waals surface area contributed by atoms with Gasteiger partial charge in [-0.3, -0.25) is 0 Å². The molecule has 0 fully saturated rings. The van der Waals surface area contributed by atoms with Gasteiger partial charge in [0, 0.05) is 26.1 Å². The molecule has 0 N–H and O–H groups in total. The van der Waals surface area contributed by atoms with Crippen LogP contribution in [0.15, 0.2) is 0 Å². The average Bonchev–Trinajstić information content (AvgIpc) is 3.15. The summed E-state index contributed by atoms with van der Waals surface area (Å²) in [6, 6.07) is 0. The molecule has 0 heterocycles. The summed E-state index contributed by atoms with van der Waals surface area (Å²) >= 11 is 5.66. The van der Waals surface area contributed by atoms with E-state index in [2.05, 4.69) is 0 Å². The largest absolute Gasteiger partial charge is 0.444 e. The van der Waals surface area contributed by atoms with Crippen LogP contribution in [-0.2, 0) is 66.3 Å². The third kappa shape index (κ3) is 47.3. The summed E-state index contributed by atoms with van der Waals surface area (Å²) in [6.45, 7) is 19.3. The Morgan fingerprint density at radius 1 is 0.382 bits per heavy atom. The first-order chi connectivity index (χ1) is 26.9. The Hall–Kier alpha value is -0.960. The highest BCUT2D eigenvalue weighted by Crippen LogP contribution is 2.08. The van der Waals surface area contributed by atoms with E-state index in [4.69, 9.17) is 77.9 Å². The van der Waals surface area contributed by atoms with Crippen molar-refractivity contribution in [2.75, 3.05) is 191 Å². The predicted octanol–water partition coefficient (Wildman–Crippen LogP) is 3.87. The fraction of sp³-hybridized carbons (Fsp3) is 0.974. The van der Waals surface area contributed by atoms with Crippen molar-refractivity contribution in [2.45, 2.75) is 52.1 Å². The van der Waals surface area contributed by atoms with Crippen LogP contribution in [0, 0.1) is 0 Å². The van der Waals surface area contributed by atoms with Gasteiger partial charge in [0.15, 0.2) is 0 Å². The van der Waals surface area contributed by atoms with E-state index in [1.54, 1.807) is 7.05 Å². The Balaban J connectivity index is 3.12. The van der Waals surface area contributed by atoms with E-state index in [0.717, 1.165) is 31.7 Å². The second kappa shape index (κ2) is 44.1. The molecule has 0 spiro atoms. The second-order valence-electron chi connectivity index (χ2n) is 13.0. The molecule has 0 rings (SSSR count). The summed E-state index contributed by atoms with van der Waals surface area (Å²) in [5.41, 5.74) is -0.512. The Kier molecular flexibility index (Phi) is 43.4. The van der Waals surface area contributed by atoms with Gasteiger partial charge in [0.2, 0.25) is 0 Å². The number of likely N-dealkylation sites (N-methyl/N-ethyl adjacent to an activating group) is 1. The molecule has 0 radical (unpaired) electrons. The van der Waals surface area contributed by atoms with Gasteiger partial charge in [0.25, 0.3) is 0 Å². The zero-order chi connectivity index (χ0) is 40.2. The Morgan fingerprint density at radius 3 is 0.873 bits per heavy atom. The third-order valence-corrected chi connectivity index (χ3v) is 7.18. The van der Waals surface area contributed by atoms with Gasteiger partial charge >= 0.3 is 6.09 Å².